The molecule has 0 amide bonds. The minimum atomic E-state index is -0.478. The number of H-pyrrole nitrogens is 1. The molecule has 1 unspecified atom stereocenters. The summed E-state index contributed by atoms with van der Waals surface area (Å²) in [5.41, 5.74) is 6.24. The summed E-state index contributed by atoms with van der Waals surface area (Å²) in [6, 6.07) is 21.9. The first kappa shape index (κ1) is 28.8. The number of anilines is 2. The van der Waals surface area contributed by atoms with Crippen molar-refractivity contribution in [1.29, 1.82) is 5.26 Å². The van der Waals surface area contributed by atoms with Crippen molar-refractivity contribution in [3.05, 3.63) is 82.5 Å². The number of halogens is 1. The van der Waals surface area contributed by atoms with Crippen LogP contribution in [0, 0.1) is 24.2 Å². The summed E-state index contributed by atoms with van der Waals surface area (Å²) in [6.45, 7) is 3.23. The first-order valence-corrected chi connectivity index (χ1v) is 13.8. The van der Waals surface area contributed by atoms with Crippen LogP contribution in [0.15, 0.2) is 71.3 Å². The molecule has 4 aromatic rings. The van der Waals surface area contributed by atoms with Gasteiger partial charge in [0.05, 0.1) is 37.5 Å². The molecular formula is C32H31BrN4O3. The van der Waals surface area contributed by atoms with Crippen molar-refractivity contribution < 1.29 is 14.3 Å². The van der Waals surface area contributed by atoms with Crippen LogP contribution in [-0.4, -0.2) is 50.4 Å². The van der Waals surface area contributed by atoms with E-state index < -0.39 is 12.0 Å². The number of rotatable bonds is 8. The second-order valence-corrected chi connectivity index (χ2v) is 10.1. The molecule has 0 spiro atoms. The van der Waals surface area contributed by atoms with E-state index in [4.69, 9.17) is 9.47 Å². The van der Waals surface area contributed by atoms with Crippen molar-refractivity contribution in [2.75, 3.05) is 43.6 Å². The van der Waals surface area contributed by atoms with Gasteiger partial charge in [0.2, 0.25) is 0 Å². The third-order valence-electron chi connectivity index (χ3n) is 6.94. The summed E-state index contributed by atoms with van der Waals surface area (Å²) in [6.07, 6.45) is 11.3. The Morgan fingerprint density at radius 1 is 1.15 bits per heavy atom. The summed E-state index contributed by atoms with van der Waals surface area (Å²) in [5.74, 6) is -0.447. The Balaban J connectivity index is 0.00000181. The maximum atomic E-state index is 12.7. The number of aryl methyl sites for hydroxylation is 1. The lowest BCUT2D eigenvalue weighted by Gasteiger charge is -2.29. The van der Waals surface area contributed by atoms with Gasteiger partial charge in [-0.3, -0.25) is 0 Å². The highest BCUT2D eigenvalue weighted by atomic mass is 79.9. The number of carbonyl (C=O) groups excluding carboxylic acids is 1. The Morgan fingerprint density at radius 2 is 1.88 bits per heavy atom. The van der Waals surface area contributed by atoms with Gasteiger partial charge in [-0.1, -0.05) is 30.3 Å². The smallest absolute Gasteiger partial charge is 0.339 e. The third kappa shape index (κ3) is 6.48. The number of para-hydroxylation sites is 1. The molecule has 2 heterocycles. The van der Waals surface area contributed by atoms with Gasteiger partial charge in [0, 0.05) is 40.5 Å². The summed E-state index contributed by atoms with van der Waals surface area (Å²) in [7, 11) is 1.37. The average Bonchev–Trinajstić information content (AvgIpc) is 3.44. The van der Waals surface area contributed by atoms with Crippen LogP contribution in [-0.2, 0) is 15.9 Å². The van der Waals surface area contributed by atoms with Gasteiger partial charge >= 0.3 is 5.97 Å². The van der Waals surface area contributed by atoms with Crippen LogP contribution >= 0.6 is 15.9 Å². The third-order valence-corrected chi connectivity index (χ3v) is 7.60. The van der Waals surface area contributed by atoms with E-state index in [-0.39, 0.29) is 0 Å². The number of nitrogens with one attached hydrogen (secondary N) is 2. The molecule has 7 nitrogen and oxygen atoms in total. The molecular weight excluding hydrogens is 568 g/mol. The lowest BCUT2D eigenvalue weighted by molar-refractivity contribution is 0.0602. The van der Waals surface area contributed by atoms with Gasteiger partial charge in [0.15, 0.2) is 0 Å². The Labute approximate surface area is 243 Å². The number of ether oxygens (including phenoxy) is 2. The highest BCUT2D eigenvalue weighted by Crippen LogP contribution is 2.30. The molecule has 8 heteroatoms. The monoisotopic (exact) mass is 598 g/mol. The largest absolute Gasteiger partial charge is 0.465 e. The Hall–Kier alpha value is -4.24. The number of aromatic nitrogens is 1. The number of terminal acetylenes is 1. The van der Waals surface area contributed by atoms with Crippen LogP contribution < -0.4 is 10.2 Å². The van der Waals surface area contributed by atoms with Crippen LogP contribution in [0.1, 0.15) is 22.3 Å². The van der Waals surface area contributed by atoms with E-state index in [0.29, 0.717) is 24.1 Å². The van der Waals surface area contributed by atoms with E-state index in [0.717, 1.165) is 64.1 Å². The number of esters is 1. The molecule has 1 aliphatic rings. The standard InChI is InChI=1S/C30H29BrN4O3.C2H2/c1-37-30(36)26-17-21(20-6-10-24(11-7-20)35-13-15-38-16-14-35)8-12-28(26)34-23(18-32)9-5-22-19-33-29-25(22)3-2-4-27(29)31;1-2/h2-4,6-8,10-12,17,19,23,33-34H,5,9,13-16H2,1H3;1-2H. The zero-order valence-corrected chi connectivity index (χ0v) is 23.9. The normalized spacial score (nSPS) is 13.5. The Bertz CT molecular complexity index is 1510. The van der Waals surface area contributed by atoms with E-state index in [9.17, 15) is 10.1 Å². The number of nitriles is 1. The van der Waals surface area contributed by atoms with Crippen molar-refractivity contribution in [2.45, 2.75) is 18.9 Å². The summed E-state index contributed by atoms with van der Waals surface area (Å²) in [5, 5.41) is 14.3. The second kappa shape index (κ2) is 13.7. The highest BCUT2D eigenvalue weighted by molar-refractivity contribution is 9.10. The number of aromatic amines is 1. The number of methoxy groups -OCH3 is 1. The van der Waals surface area contributed by atoms with Gasteiger partial charge in [-0.15, -0.1) is 12.8 Å². The van der Waals surface area contributed by atoms with Crippen molar-refractivity contribution in [3.8, 4) is 30.0 Å². The molecule has 204 valence electrons. The average molecular weight is 600 g/mol. The molecule has 1 saturated heterocycles. The maximum absolute atomic E-state index is 12.7. The molecule has 1 atom stereocenters. The fourth-order valence-corrected chi connectivity index (χ4v) is 5.33. The SMILES string of the molecule is C#C.COC(=O)c1cc(-c2ccc(N3CCOCC3)cc2)ccc1NC(C#N)CCc1c[nH]c2c(Br)cccc12. The number of fused-ring (bicyclic) bond motifs is 1. The molecule has 0 bridgehead atoms. The van der Waals surface area contributed by atoms with Gasteiger partial charge < -0.3 is 24.7 Å². The van der Waals surface area contributed by atoms with Crippen LogP contribution in [0.2, 0.25) is 0 Å². The number of hydrogen-bond donors (Lipinski definition) is 2. The van der Waals surface area contributed by atoms with Crippen molar-refractivity contribution in [1.82, 2.24) is 4.98 Å². The molecule has 0 radical (unpaired) electrons. The molecule has 40 heavy (non-hydrogen) atoms. The fourth-order valence-electron chi connectivity index (χ4n) is 4.85. The highest BCUT2D eigenvalue weighted by Gasteiger charge is 2.18. The number of morpholine rings is 1. The molecule has 5 rings (SSSR count). The van der Waals surface area contributed by atoms with Crippen LogP contribution in [0.4, 0.5) is 11.4 Å². The second-order valence-electron chi connectivity index (χ2n) is 9.24. The summed E-state index contributed by atoms with van der Waals surface area (Å²) < 4.78 is 11.5. The number of hydrogen-bond acceptors (Lipinski definition) is 6. The maximum Gasteiger partial charge on any atom is 0.339 e. The Kier molecular flexibility index (Phi) is 9.86. The quantitative estimate of drug-likeness (QED) is 0.180. The lowest BCUT2D eigenvalue weighted by Crippen LogP contribution is -2.36. The van der Waals surface area contributed by atoms with E-state index in [1.165, 1.54) is 7.11 Å². The summed E-state index contributed by atoms with van der Waals surface area (Å²) in [4.78, 5) is 18.3. The molecule has 1 fully saturated rings. The van der Waals surface area contributed by atoms with Gasteiger partial charge in [0.25, 0.3) is 0 Å². The fraction of sp³-hybridized carbons (Fsp3) is 0.250. The van der Waals surface area contributed by atoms with Gasteiger partial charge in [-0.05, 0) is 75.8 Å². The molecule has 1 aliphatic heterocycles. The van der Waals surface area contributed by atoms with E-state index >= 15 is 0 Å². The van der Waals surface area contributed by atoms with Crippen molar-refractivity contribution >= 4 is 44.2 Å². The van der Waals surface area contributed by atoms with Gasteiger partial charge in [-0.2, -0.15) is 5.26 Å². The van der Waals surface area contributed by atoms with E-state index in [1.807, 2.05) is 36.5 Å². The molecule has 2 N–H and O–H groups in total. The van der Waals surface area contributed by atoms with Crippen LogP contribution in [0.5, 0.6) is 0 Å². The topological polar surface area (TPSA) is 90.4 Å². The number of nitrogens with zero attached hydrogens (tertiary/aromatic N) is 2. The molecule has 1 aromatic heterocycles. The minimum Gasteiger partial charge on any atom is -0.465 e. The minimum absolute atomic E-state index is 0.401. The van der Waals surface area contributed by atoms with Crippen LogP contribution in [0.25, 0.3) is 22.0 Å². The molecule has 0 aliphatic carbocycles. The van der Waals surface area contributed by atoms with Crippen molar-refractivity contribution in [2.24, 2.45) is 0 Å². The van der Waals surface area contributed by atoms with Crippen LogP contribution in [0.3, 0.4) is 0 Å². The first-order chi connectivity index (χ1) is 19.6. The first-order valence-electron chi connectivity index (χ1n) is 13.0. The lowest BCUT2D eigenvalue weighted by atomic mass is 10.00. The van der Waals surface area contributed by atoms with Gasteiger partial charge in [-0.25, -0.2) is 4.79 Å². The summed E-state index contributed by atoms with van der Waals surface area (Å²) >= 11 is 3.57. The van der Waals surface area contributed by atoms with E-state index in [1.54, 1.807) is 0 Å². The number of carbonyl (C=O) groups is 1. The predicted molar refractivity (Wildman–Crippen MR) is 163 cm³/mol. The molecule has 0 saturated carbocycles. The Morgan fingerprint density at radius 3 is 2.58 bits per heavy atom. The van der Waals surface area contributed by atoms with Gasteiger partial charge in [0.1, 0.15) is 6.04 Å². The molecule has 3 aromatic carbocycles. The number of benzene rings is 3. The van der Waals surface area contributed by atoms with E-state index in [2.05, 4.69) is 80.4 Å². The van der Waals surface area contributed by atoms with Crippen molar-refractivity contribution in [3.63, 3.8) is 0 Å². The predicted octanol–water partition coefficient (Wildman–Crippen LogP) is 6.41. The zero-order valence-electron chi connectivity index (χ0n) is 22.3. The zero-order chi connectivity index (χ0) is 28.5.